The van der Waals surface area contributed by atoms with E-state index in [0.717, 1.165) is 11.1 Å². The summed E-state index contributed by atoms with van der Waals surface area (Å²) >= 11 is 0. The van der Waals surface area contributed by atoms with E-state index in [1.54, 1.807) is 24.3 Å². The van der Waals surface area contributed by atoms with Crippen molar-refractivity contribution in [3.05, 3.63) is 88.6 Å². The van der Waals surface area contributed by atoms with Crippen LogP contribution in [0, 0.1) is 5.41 Å². The van der Waals surface area contributed by atoms with Crippen molar-refractivity contribution in [1.29, 1.82) is 0 Å². The number of benzene rings is 1. The fourth-order valence-corrected chi connectivity index (χ4v) is 4.27. The molecule has 0 aromatic heterocycles. The fourth-order valence-electron chi connectivity index (χ4n) is 4.27. The van der Waals surface area contributed by atoms with Crippen LogP contribution >= 0.6 is 0 Å². The molecule has 1 aromatic carbocycles. The van der Waals surface area contributed by atoms with E-state index in [1.807, 2.05) is 25.2 Å². The normalized spacial score (nSPS) is 16.7. The predicted molar refractivity (Wildman–Crippen MR) is 140 cm³/mol. The number of ketones is 1. The number of rotatable bonds is 10. The van der Waals surface area contributed by atoms with Crippen LogP contribution in [0.3, 0.4) is 0 Å². The molecule has 0 fully saturated rings. The number of para-hydroxylation sites is 1. The number of nitrogens with one attached hydrogen (secondary N) is 1. The summed E-state index contributed by atoms with van der Waals surface area (Å²) in [6, 6.07) is 7.01. The number of Topliss-reactive ketones (excluding diaryl/α,β-unsaturated/α-hetero) is 1. The molecule has 0 saturated carbocycles. The Labute approximate surface area is 209 Å². The standard InChI is InChI=1S/C30H37NO4/c1-21(15-17-25-23(3)12-9-19-30(25,4)5)10-8-11-22(2)20-28(33)31-26-14-7-6-13-24(26)16-18-27(32)29(34)35/h6-8,10-11,13-15,17,20H,9,12,16,18-19H2,1-5H3,(H,31,33)(H,34,35)/p-1/b11-8+,17-15+,21-10+,22-20+. The van der Waals surface area contributed by atoms with Gasteiger partial charge in [0.1, 0.15) is 5.97 Å². The molecule has 186 valence electrons. The highest BCUT2D eigenvalue weighted by Gasteiger charge is 2.26. The first-order valence-corrected chi connectivity index (χ1v) is 12.0. The minimum Gasteiger partial charge on any atom is -0.542 e. The Morgan fingerprint density at radius 2 is 1.80 bits per heavy atom. The zero-order chi connectivity index (χ0) is 26.0. The Kier molecular flexibility index (Phi) is 10.2. The summed E-state index contributed by atoms with van der Waals surface area (Å²) in [7, 11) is 0. The van der Waals surface area contributed by atoms with Gasteiger partial charge in [-0.25, -0.2) is 0 Å². The van der Waals surface area contributed by atoms with Crippen molar-refractivity contribution < 1.29 is 19.5 Å². The summed E-state index contributed by atoms with van der Waals surface area (Å²) in [6.45, 7) is 10.7. The van der Waals surface area contributed by atoms with E-state index < -0.39 is 11.8 Å². The lowest BCUT2D eigenvalue weighted by molar-refractivity contribution is -0.300. The molecule has 0 atom stereocenters. The quantitative estimate of drug-likeness (QED) is 0.279. The molecule has 0 unspecified atom stereocenters. The number of carbonyl (C=O) groups is 3. The zero-order valence-electron chi connectivity index (χ0n) is 21.4. The number of allylic oxidation sites excluding steroid dienone is 9. The van der Waals surface area contributed by atoms with Crippen LogP contribution in [0.4, 0.5) is 5.69 Å². The summed E-state index contributed by atoms with van der Waals surface area (Å²) in [5.41, 5.74) is 6.26. The van der Waals surface area contributed by atoms with Gasteiger partial charge in [0, 0.05) is 18.2 Å². The first-order valence-electron chi connectivity index (χ1n) is 12.0. The number of aryl methyl sites for hydroxylation is 1. The van der Waals surface area contributed by atoms with Crippen molar-refractivity contribution in [3.63, 3.8) is 0 Å². The van der Waals surface area contributed by atoms with Gasteiger partial charge in [0.15, 0.2) is 5.78 Å². The number of aliphatic carboxylic acids is 1. The van der Waals surface area contributed by atoms with E-state index >= 15 is 0 Å². The van der Waals surface area contributed by atoms with E-state index in [9.17, 15) is 19.5 Å². The van der Waals surface area contributed by atoms with Crippen LogP contribution in [0.2, 0.25) is 0 Å². The number of hydrogen-bond acceptors (Lipinski definition) is 4. The molecule has 5 nitrogen and oxygen atoms in total. The van der Waals surface area contributed by atoms with Gasteiger partial charge in [0.2, 0.25) is 5.91 Å². The largest absolute Gasteiger partial charge is 0.542 e. The highest BCUT2D eigenvalue weighted by atomic mass is 16.4. The number of amides is 1. The molecule has 0 bridgehead atoms. The summed E-state index contributed by atoms with van der Waals surface area (Å²) in [5.74, 6) is -2.95. The average molecular weight is 475 g/mol. The third kappa shape index (κ3) is 9.01. The molecule has 0 radical (unpaired) electrons. The molecule has 1 aliphatic rings. The topological polar surface area (TPSA) is 86.3 Å². The van der Waals surface area contributed by atoms with E-state index in [1.165, 1.54) is 36.5 Å². The lowest BCUT2D eigenvalue weighted by atomic mass is 9.72. The van der Waals surface area contributed by atoms with Crippen molar-refractivity contribution in [3.8, 4) is 0 Å². The predicted octanol–water partition coefficient (Wildman–Crippen LogP) is 5.41. The van der Waals surface area contributed by atoms with Gasteiger partial charge in [0.05, 0.1) is 0 Å². The van der Waals surface area contributed by atoms with Crippen LogP contribution in [-0.4, -0.2) is 17.7 Å². The lowest BCUT2D eigenvalue weighted by Crippen LogP contribution is -2.31. The summed E-state index contributed by atoms with van der Waals surface area (Å²) < 4.78 is 0. The number of carboxylic acids is 1. The number of carboxylic acid groups (broad SMARTS) is 1. The van der Waals surface area contributed by atoms with Crippen molar-refractivity contribution in [2.24, 2.45) is 5.41 Å². The van der Waals surface area contributed by atoms with Gasteiger partial charge in [-0.1, -0.05) is 73.6 Å². The number of anilines is 1. The SMILES string of the molecule is CC1=C(/C=C/C(C)=C/C=C/C(C)=C/C(=O)Nc2ccccc2CCC(=O)C(=O)[O-])C(C)(C)CCC1. The van der Waals surface area contributed by atoms with E-state index in [4.69, 9.17) is 0 Å². The first kappa shape index (κ1) is 27.8. The minimum atomic E-state index is -1.69. The van der Waals surface area contributed by atoms with Crippen LogP contribution < -0.4 is 10.4 Å². The second kappa shape index (κ2) is 12.8. The second-order valence-electron chi connectivity index (χ2n) is 9.78. The van der Waals surface area contributed by atoms with E-state index in [0.29, 0.717) is 11.3 Å². The molecule has 0 aliphatic heterocycles. The Morgan fingerprint density at radius 1 is 1.09 bits per heavy atom. The number of carbonyl (C=O) groups excluding carboxylic acids is 3. The van der Waals surface area contributed by atoms with Crippen LogP contribution in [-0.2, 0) is 20.8 Å². The molecule has 1 aliphatic carbocycles. The second-order valence-corrected chi connectivity index (χ2v) is 9.78. The van der Waals surface area contributed by atoms with Crippen molar-refractivity contribution in [2.45, 2.75) is 66.7 Å². The van der Waals surface area contributed by atoms with Gasteiger partial charge in [-0.05, 0) is 74.6 Å². The molecule has 1 amide bonds. The van der Waals surface area contributed by atoms with Crippen molar-refractivity contribution >= 4 is 23.3 Å². The third-order valence-corrected chi connectivity index (χ3v) is 6.26. The van der Waals surface area contributed by atoms with Crippen molar-refractivity contribution in [1.82, 2.24) is 0 Å². The van der Waals surface area contributed by atoms with Gasteiger partial charge < -0.3 is 15.2 Å². The molecule has 35 heavy (non-hydrogen) atoms. The highest BCUT2D eigenvalue weighted by molar-refractivity contribution is 6.31. The van der Waals surface area contributed by atoms with Gasteiger partial charge in [-0.15, -0.1) is 0 Å². The van der Waals surface area contributed by atoms with Crippen LogP contribution in [0.25, 0.3) is 0 Å². The maximum atomic E-state index is 12.5. The maximum absolute atomic E-state index is 12.5. The molecule has 0 saturated heterocycles. The van der Waals surface area contributed by atoms with Crippen LogP contribution in [0.15, 0.2) is 83.0 Å². The van der Waals surface area contributed by atoms with Gasteiger partial charge >= 0.3 is 0 Å². The maximum Gasteiger partial charge on any atom is 0.248 e. The van der Waals surface area contributed by atoms with Gasteiger partial charge in [-0.2, -0.15) is 0 Å². The summed E-state index contributed by atoms with van der Waals surface area (Å²) in [4.78, 5) is 34.4. The monoisotopic (exact) mass is 474 g/mol. The van der Waals surface area contributed by atoms with E-state index in [2.05, 4.69) is 45.2 Å². The Hall–Kier alpha value is -3.47. The summed E-state index contributed by atoms with van der Waals surface area (Å²) in [6.07, 6.45) is 15.3. The zero-order valence-corrected chi connectivity index (χ0v) is 21.4. The third-order valence-electron chi connectivity index (χ3n) is 6.26. The van der Waals surface area contributed by atoms with Crippen LogP contribution in [0.5, 0.6) is 0 Å². The van der Waals surface area contributed by atoms with Gasteiger partial charge in [-0.3, -0.25) is 9.59 Å². The Bertz CT molecular complexity index is 1110. The molecule has 0 spiro atoms. The average Bonchev–Trinajstić information content (AvgIpc) is 2.77. The molecular formula is C30H36NO4-. The lowest BCUT2D eigenvalue weighted by Gasteiger charge is -2.32. The minimum absolute atomic E-state index is 0.179. The molecule has 2 rings (SSSR count). The summed E-state index contributed by atoms with van der Waals surface area (Å²) in [5, 5.41) is 13.4. The molecule has 1 N–H and O–H groups in total. The molecular weight excluding hydrogens is 438 g/mol. The van der Waals surface area contributed by atoms with Gasteiger partial charge in [0.25, 0.3) is 0 Å². The molecule has 1 aromatic rings. The molecule has 5 heteroatoms. The van der Waals surface area contributed by atoms with Crippen LogP contribution in [0.1, 0.15) is 65.9 Å². The Balaban J connectivity index is 1.99. The van der Waals surface area contributed by atoms with E-state index in [-0.39, 0.29) is 24.2 Å². The fraction of sp³-hybridized carbons (Fsp3) is 0.367. The smallest absolute Gasteiger partial charge is 0.248 e. The highest BCUT2D eigenvalue weighted by Crippen LogP contribution is 2.40. The first-order chi connectivity index (χ1) is 16.5. The molecule has 0 heterocycles. The number of hydrogen-bond donors (Lipinski definition) is 1. The van der Waals surface area contributed by atoms with Crippen molar-refractivity contribution in [2.75, 3.05) is 5.32 Å². The Morgan fingerprint density at radius 3 is 2.49 bits per heavy atom.